The van der Waals surface area contributed by atoms with E-state index < -0.39 is 124 Å². The normalized spacial score (nSPS) is 28.6. The van der Waals surface area contributed by atoms with Crippen LogP contribution >= 0.6 is 0 Å². The fraction of sp³-hybridized carbons (Fsp3) is 0.899. The molecule has 0 aromatic heterocycles. The molecule has 0 radical (unpaired) electrons. The van der Waals surface area contributed by atoms with Gasteiger partial charge in [0, 0.05) is 6.42 Å². The third-order valence-corrected chi connectivity index (χ3v) is 17.7. The van der Waals surface area contributed by atoms with E-state index in [0.29, 0.717) is 12.8 Å². The average Bonchev–Trinajstić information content (AvgIpc) is 3.71. The van der Waals surface area contributed by atoms with E-state index in [2.05, 4.69) is 43.5 Å². The summed E-state index contributed by atoms with van der Waals surface area (Å²) in [6, 6.07) is -0.994. The number of carbonyl (C=O) groups is 1. The van der Waals surface area contributed by atoms with Gasteiger partial charge in [-0.2, -0.15) is 0 Å². The number of allylic oxidation sites excluding steroid dienone is 5. The summed E-state index contributed by atoms with van der Waals surface area (Å²) in [6.45, 7) is 1.74. The van der Waals surface area contributed by atoms with Crippen LogP contribution in [-0.2, 0) is 33.2 Å². The topological polar surface area (TPSA) is 307 Å². The first-order chi connectivity index (χ1) is 42.8. The molecule has 516 valence electrons. The molecule has 3 heterocycles. The molecular weight excluding hydrogens is 1130 g/mol. The first kappa shape index (κ1) is 80.2. The molecule has 88 heavy (non-hydrogen) atoms. The Bertz CT molecular complexity index is 1740. The summed E-state index contributed by atoms with van der Waals surface area (Å²) >= 11 is 0. The number of hydrogen-bond acceptors (Lipinski definition) is 18. The Morgan fingerprint density at radius 1 is 0.398 bits per heavy atom. The molecule has 0 aromatic rings. The van der Waals surface area contributed by atoms with Gasteiger partial charge in [0.2, 0.25) is 5.91 Å². The molecule has 3 rings (SSSR count). The average molecular weight is 1260 g/mol. The Hall–Kier alpha value is -1.99. The van der Waals surface area contributed by atoms with Crippen molar-refractivity contribution in [1.29, 1.82) is 0 Å². The van der Waals surface area contributed by atoms with Crippen LogP contribution in [0.15, 0.2) is 36.5 Å². The number of aliphatic hydroxyl groups excluding tert-OH is 11. The van der Waals surface area contributed by atoms with E-state index in [1.54, 1.807) is 6.08 Å². The zero-order chi connectivity index (χ0) is 64.0. The summed E-state index contributed by atoms with van der Waals surface area (Å²) < 4.78 is 34.3. The summed E-state index contributed by atoms with van der Waals surface area (Å²) in [6.07, 6.45) is 32.7. The van der Waals surface area contributed by atoms with Gasteiger partial charge in [0.05, 0.1) is 38.6 Å². The Labute approximate surface area is 530 Å². The van der Waals surface area contributed by atoms with Crippen molar-refractivity contribution < 1.29 is 89.4 Å². The van der Waals surface area contributed by atoms with Gasteiger partial charge in [-0.1, -0.05) is 249 Å². The van der Waals surface area contributed by atoms with Gasteiger partial charge >= 0.3 is 0 Å². The standard InChI is InChI=1S/C69H127NO18/c1-3-5-7-9-11-13-15-17-19-21-23-24-25-26-27-29-30-32-34-36-38-40-42-44-46-53(74)52(70-57(75)47-45-43-41-39-37-35-33-31-28-22-20-18-16-14-12-10-8-6-4-2)51-83-67-63(81)60(78)65(55(49-72)85-67)88-69-64(82)61(79)66(56(50-73)86-69)87-68-62(80)59(77)58(76)54(48-71)84-68/h29-30,36,38,44,46,52-56,58-69,71-74,76-82H,3-28,31-35,37,39-43,45,47-51H2,1-2H3,(H,70,75)/b30-29+,38-36+,46-44+. The molecule has 12 N–H and O–H groups in total. The van der Waals surface area contributed by atoms with Crippen molar-refractivity contribution in [2.75, 3.05) is 26.4 Å². The van der Waals surface area contributed by atoms with Crippen LogP contribution in [0.1, 0.15) is 264 Å². The minimum Gasteiger partial charge on any atom is -0.394 e. The first-order valence-corrected chi connectivity index (χ1v) is 35.2. The summed E-state index contributed by atoms with van der Waals surface area (Å²) in [5.41, 5.74) is 0. The lowest BCUT2D eigenvalue weighted by Crippen LogP contribution is -2.66. The fourth-order valence-corrected chi connectivity index (χ4v) is 11.9. The largest absolute Gasteiger partial charge is 0.394 e. The predicted octanol–water partition coefficient (Wildman–Crippen LogP) is 9.22. The number of nitrogens with one attached hydrogen (secondary N) is 1. The van der Waals surface area contributed by atoms with E-state index in [0.717, 1.165) is 44.9 Å². The van der Waals surface area contributed by atoms with Crippen LogP contribution in [0, 0.1) is 0 Å². The molecule has 19 heteroatoms. The second kappa shape index (κ2) is 51.4. The second-order valence-corrected chi connectivity index (χ2v) is 25.3. The summed E-state index contributed by atoms with van der Waals surface area (Å²) in [5.74, 6) is -0.285. The van der Waals surface area contributed by atoms with Gasteiger partial charge in [-0.05, 0) is 44.9 Å². The summed E-state index contributed by atoms with van der Waals surface area (Å²) in [5, 5.41) is 120. The van der Waals surface area contributed by atoms with Crippen molar-refractivity contribution >= 4 is 5.91 Å². The van der Waals surface area contributed by atoms with Crippen molar-refractivity contribution in [3.63, 3.8) is 0 Å². The van der Waals surface area contributed by atoms with E-state index in [1.807, 2.05) is 6.08 Å². The van der Waals surface area contributed by atoms with Crippen LogP contribution in [0.4, 0.5) is 0 Å². The summed E-state index contributed by atoms with van der Waals surface area (Å²) in [7, 11) is 0. The van der Waals surface area contributed by atoms with Gasteiger partial charge in [-0.25, -0.2) is 0 Å². The van der Waals surface area contributed by atoms with E-state index in [-0.39, 0.29) is 18.9 Å². The molecule has 17 atom stereocenters. The quantitative estimate of drug-likeness (QED) is 0.0199. The van der Waals surface area contributed by atoms with Crippen molar-refractivity contribution in [2.24, 2.45) is 0 Å². The zero-order valence-corrected chi connectivity index (χ0v) is 54.5. The highest BCUT2D eigenvalue weighted by atomic mass is 16.8. The molecule has 3 aliphatic rings. The van der Waals surface area contributed by atoms with Gasteiger partial charge in [0.25, 0.3) is 0 Å². The van der Waals surface area contributed by atoms with Crippen LogP contribution in [-0.4, -0.2) is 193 Å². The maximum absolute atomic E-state index is 13.4. The lowest BCUT2D eigenvalue weighted by molar-refractivity contribution is -0.379. The SMILES string of the molecule is CCCCCCCCCCCCCCCC/C=C/CC/C=C/CC/C=C/C(O)C(COC1OC(CO)C(OC2OC(CO)C(OC3OC(CO)C(O)C(O)C3O)C(O)C2O)C(O)C1O)NC(=O)CCCCCCCCCCCCCCCCCCCCC. The number of ether oxygens (including phenoxy) is 6. The lowest BCUT2D eigenvalue weighted by atomic mass is 9.96. The molecule has 19 nitrogen and oxygen atoms in total. The number of aliphatic hydroxyl groups is 11. The molecule has 3 aliphatic heterocycles. The van der Waals surface area contributed by atoms with E-state index in [9.17, 15) is 61.0 Å². The monoisotopic (exact) mass is 1260 g/mol. The maximum Gasteiger partial charge on any atom is 0.220 e. The van der Waals surface area contributed by atoms with E-state index >= 15 is 0 Å². The number of unbranched alkanes of at least 4 members (excludes halogenated alkanes) is 34. The van der Waals surface area contributed by atoms with Gasteiger partial charge in [0.15, 0.2) is 18.9 Å². The third-order valence-electron chi connectivity index (χ3n) is 17.7. The zero-order valence-electron chi connectivity index (χ0n) is 54.5. The van der Waals surface area contributed by atoms with Crippen LogP contribution in [0.5, 0.6) is 0 Å². The van der Waals surface area contributed by atoms with Crippen molar-refractivity contribution in [1.82, 2.24) is 5.32 Å². The van der Waals surface area contributed by atoms with Crippen LogP contribution in [0.2, 0.25) is 0 Å². The minimum absolute atomic E-state index is 0.236. The molecule has 0 saturated carbocycles. The first-order valence-electron chi connectivity index (χ1n) is 35.2. The lowest BCUT2D eigenvalue weighted by Gasteiger charge is -2.48. The highest BCUT2D eigenvalue weighted by Gasteiger charge is 2.53. The van der Waals surface area contributed by atoms with Crippen LogP contribution < -0.4 is 5.32 Å². The highest BCUT2D eigenvalue weighted by Crippen LogP contribution is 2.33. The van der Waals surface area contributed by atoms with E-state index in [4.69, 9.17) is 28.4 Å². The smallest absolute Gasteiger partial charge is 0.220 e. The van der Waals surface area contributed by atoms with Crippen molar-refractivity contribution in [3.05, 3.63) is 36.5 Å². The van der Waals surface area contributed by atoms with Gasteiger partial charge in [-0.15, -0.1) is 0 Å². The van der Waals surface area contributed by atoms with Crippen LogP contribution in [0.3, 0.4) is 0 Å². The molecular formula is C69H127NO18. The Morgan fingerprint density at radius 2 is 0.727 bits per heavy atom. The Morgan fingerprint density at radius 3 is 1.14 bits per heavy atom. The van der Waals surface area contributed by atoms with Crippen molar-refractivity contribution in [2.45, 2.75) is 369 Å². The van der Waals surface area contributed by atoms with Gasteiger partial charge in [0.1, 0.15) is 73.2 Å². The maximum atomic E-state index is 13.4. The molecule has 17 unspecified atom stereocenters. The Kier molecular flexibility index (Phi) is 46.9. The highest BCUT2D eigenvalue weighted by molar-refractivity contribution is 5.76. The van der Waals surface area contributed by atoms with Gasteiger partial charge in [-0.3, -0.25) is 4.79 Å². The summed E-state index contributed by atoms with van der Waals surface area (Å²) in [4.78, 5) is 13.4. The number of amides is 1. The fourth-order valence-electron chi connectivity index (χ4n) is 11.9. The molecule has 0 bridgehead atoms. The molecule has 3 fully saturated rings. The molecule has 0 aliphatic carbocycles. The number of hydrogen-bond donors (Lipinski definition) is 12. The van der Waals surface area contributed by atoms with Crippen LogP contribution in [0.25, 0.3) is 0 Å². The molecule has 3 saturated heterocycles. The predicted molar refractivity (Wildman–Crippen MR) is 342 cm³/mol. The van der Waals surface area contributed by atoms with Crippen molar-refractivity contribution in [3.8, 4) is 0 Å². The molecule has 0 aromatic carbocycles. The molecule has 0 spiro atoms. The molecule has 1 amide bonds. The second-order valence-electron chi connectivity index (χ2n) is 25.3. The minimum atomic E-state index is -1.98. The Balaban J connectivity index is 1.46. The number of rotatable bonds is 54. The third kappa shape index (κ3) is 33.2. The number of carbonyl (C=O) groups excluding carboxylic acids is 1. The van der Waals surface area contributed by atoms with Gasteiger partial charge < -0.3 is 89.9 Å². The van der Waals surface area contributed by atoms with E-state index in [1.165, 1.54) is 186 Å².